The van der Waals surface area contributed by atoms with Crippen LogP contribution in [0.3, 0.4) is 0 Å². The summed E-state index contributed by atoms with van der Waals surface area (Å²) in [6, 6.07) is 4.42. The number of hydrogen-bond acceptors (Lipinski definition) is 4. The molecule has 2 amide bonds. The summed E-state index contributed by atoms with van der Waals surface area (Å²) in [5.74, 6) is -1.19. The molecule has 7 heteroatoms. The molecule has 2 N–H and O–H groups in total. The number of rotatable bonds is 3. The zero-order valence-corrected chi connectivity index (χ0v) is 11.7. The van der Waals surface area contributed by atoms with Crippen molar-refractivity contribution < 1.29 is 23.5 Å². The zero-order valence-electron chi connectivity index (χ0n) is 11.7. The highest BCUT2D eigenvalue weighted by Crippen LogP contribution is 2.30. The molecule has 1 unspecified atom stereocenters. The fourth-order valence-corrected chi connectivity index (χ4v) is 2.51. The molecule has 6 nitrogen and oxygen atoms in total. The van der Waals surface area contributed by atoms with Crippen molar-refractivity contribution in [1.82, 2.24) is 0 Å². The van der Waals surface area contributed by atoms with Gasteiger partial charge in [-0.15, -0.1) is 0 Å². The number of nitrogens with two attached hydrogens (primary N) is 1. The smallest absolute Gasteiger partial charge is 0.415 e. The normalized spacial score (nSPS) is 24.4. The Bertz CT molecular complexity index is 646. The van der Waals surface area contributed by atoms with Crippen molar-refractivity contribution in [3.8, 4) is 0 Å². The van der Waals surface area contributed by atoms with Crippen LogP contribution in [0.2, 0.25) is 0 Å². The molecule has 2 atom stereocenters. The average Bonchev–Trinajstić information content (AvgIpc) is 2.90. The molecule has 0 aliphatic carbocycles. The van der Waals surface area contributed by atoms with E-state index in [1.807, 2.05) is 12.2 Å². The summed E-state index contributed by atoms with van der Waals surface area (Å²) in [6.45, 7) is 0.431. The first-order valence-electron chi connectivity index (χ1n) is 6.90. The number of primary amides is 1. The molecule has 116 valence electrons. The fraction of sp³-hybridized carbons (Fsp3) is 0.333. The monoisotopic (exact) mass is 306 g/mol. The van der Waals surface area contributed by atoms with E-state index in [0.717, 1.165) is 0 Å². The van der Waals surface area contributed by atoms with Crippen LogP contribution in [0.15, 0.2) is 30.4 Å². The molecular weight excluding hydrogens is 291 g/mol. The average molecular weight is 306 g/mol. The molecule has 2 heterocycles. The van der Waals surface area contributed by atoms with Gasteiger partial charge in [0.15, 0.2) is 6.10 Å². The van der Waals surface area contributed by atoms with E-state index in [2.05, 4.69) is 0 Å². The van der Waals surface area contributed by atoms with E-state index in [4.69, 9.17) is 15.2 Å². The van der Waals surface area contributed by atoms with E-state index in [0.29, 0.717) is 24.3 Å². The van der Waals surface area contributed by atoms with Gasteiger partial charge < -0.3 is 15.2 Å². The maximum Gasteiger partial charge on any atom is 0.415 e. The quantitative estimate of drug-likeness (QED) is 0.861. The summed E-state index contributed by atoms with van der Waals surface area (Å²) in [7, 11) is 0. The molecule has 0 radical (unpaired) electrons. The third-order valence-electron chi connectivity index (χ3n) is 3.68. The van der Waals surface area contributed by atoms with E-state index < -0.39 is 23.9 Å². The van der Waals surface area contributed by atoms with Gasteiger partial charge in [0.2, 0.25) is 0 Å². The van der Waals surface area contributed by atoms with Gasteiger partial charge in [-0.1, -0.05) is 18.2 Å². The number of halogens is 1. The van der Waals surface area contributed by atoms with Crippen molar-refractivity contribution in [3.63, 3.8) is 0 Å². The minimum Gasteiger partial charge on any atom is -0.434 e. The minimum atomic E-state index is -1.01. The third kappa shape index (κ3) is 2.67. The third-order valence-corrected chi connectivity index (χ3v) is 3.68. The second-order valence-corrected chi connectivity index (χ2v) is 5.12. The topological polar surface area (TPSA) is 81.9 Å². The van der Waals surface area contributed by atoms with Gasteiger partial charge in [-0.3, -0.25) is 9.69 Å². The van der Waals surface area contributed by atoms with Gasteiger partial charge in [0.05, 0.1) is 24.9 Å². The predicted octanol–water partition coefficient (Wildman–Crippen LogP) is 1.65. The van der Waals surface area contributed by atoms with Crippen molar-refractivity contribution in [1.29, 1.82) is 0 Å². The van der Waals surface area contributed by atoms with Crippen molar-refractivity contribution in [2.24, 2.45) is 5.73 Å². The van der Waals surface area contributed by atoms with Crippen molar-refractivity contribution in [2.45, 2.75) is 18.6 Å². The first-order valence-corrected chi connectivity index (χ1v) is 6.90. The predicted molar refractivity (Wildman–Crippen MR) is 75.7 cm³/mol. The van der Waals surface area contributed by atoms with E-state index >= 15 is 0 Å². The molecule has 1 fully saturated rings. The van der Waals surface area contributed by atoms with Gasteiger partial charge >= 0.3 is 6.09 Å². The van der Waals surface area contributed by atoms with Crippen LogP contribution >= 0.6 is 0 Å². The summed E-state index contributed by atoms with van der Waals surface area (Å²) in [5, 5.41) is 0. The van der Waals surface area contributed by atoms with Gasteiger partial charge in [-0.2, -0.15) is 0 Å². The van der Waals surface area contributed by atoms with Gasteiger partial charge in [0.1, 0.15) is 5.82 Å². The van der Waals surface area contributed by atoms with Crippen LogP contribution in [-0.2, 0) is 14.3 Å². The van der Waals surface area contributed by atoms with E-state index in [1.54, 1.807) is 12.1 Å². The molecule has 3 rings (SSSR count). The number of carbonyl (C=O) groups is 2. The summed E-state index contributed by atoms with van der Waals surface area (Å²) in [6.07, 6.45) is 2.37. The largest absolute Gasteiger partial charge is 0.434 e. The van der Waals surface area contributed by atoms with Crippen LogP contribution in [0, 0.1) is 5.82 Å². The molecule has 22 heavy (non-hydrogen) atoms. The minimum absolute atomic E-state index is 0.0182. The Morgan fingerprint density at radius 3 is 2.77 bits per heavy atom. The standard InChI is InChI=1S/C15H15FN2O4/c16-11-7-9(18-8-13(14(17)19)22-15(18)20)4-5-10(11)12-3-1-2-6-21-12/h1-2,4-5,7,12-13H,3,6,8H2,(H2,17,19)/t12?,13-/m1/s1. The Hall–Kier alpha value is -2.41. The van der Waals surface area contributed by atoms with Crippen LogP contribution < -0.4 is 10.6 Å². The lowest BCUT2D eigenvalue weighted by Gasteiger charge is -2.21. The molecule has 0 spiro atoms. The molecule has 0 saturated carbocycles. The fourth-order valence-electron chi connectivity index (χ4n) is 2.51. The zero-order chi connectivity index (χ0) is 15.7. The highest BCUT2D eigenvalue weighted by Gasteiger charge is 2.36. The maximum atomic E-state index is 14.3. The number of cyclic esters (lactones) is 1. The molecule has 2 aliphatic rings. The number of hydrogen-bond donors (Lipinski definition) is 1. The molecule has 1 aromatic rings. The highest BCUT2D eigenvalue weighted by atomic mass is 19.1. The molecular formula is C15H15FN2O4. The van der Waals surface area contributed by atoms with Crippen LogP contribution in [0.1, 0.15) is 18.1 Å². The summed E-state index contributed by atoms with van der Waals surface area (Å²) in [5.41, 5.74) is 5.87. The maximum absolute atomic E-state index is 14.3. The molecule has 1 saturated heterocycles. The van der Waals surface area contributed by atoms with E-state index in [-0.39, 0.29) is 12.6 Å². The molecule has 0 aromatic heterocycles. The van der Waals surface area contributed by atoms with Crippen LogP contribution in [-0.4, -0.2) is 31.3 Å². The summed E-state index contributed by atoms with van der Waals surface area (Å²) >= 11 is 0. The number of benzene rings is 1. The van der Waals surface area contributed by atoms with Crippen molar-refractivity contribution >= 4 is 17.7 Å². The summed E-state index contributed by atoms with van der Waals surface area (Å²) in [4.78, 5) is 24.0. The molecule has 0 bridgehead atoms. The van der Waals surface area contributed by atoms with Crippen LogP contribution in [0.4, 0.5) is 14.9 Å². The SMILES string of the molecule is NC(=O)[C@H]1CN(c2ccc(C3CC=CCO3)c(F)c2)C(=O)O1. The Balaban J connectivity index is 1.81. The van der Waals surface area contributed by atoms with Gasteiger partial charge in [0.25, 0.3) is 5.91 Å². The lowest BCUT2D eigenvalue weighted by Crippen LogP contribution is -2.32. The number of nitrogens with zero attached hydrogens (tertiary/aromatic N) is 1. The van der Waals surface area contributed by atoms with Crippen LogP contribution in [0.5, 0.6) is 0 Å². The first kappa shape index (κ1) is 14.5. The highest BCUT2D eigenvalue weighted by molar-refractivity contribution is 5.95. The van der Waals surface area contributed by atoms with Gasteiger partial charge in [-0.05, 0) is 18.6 Å². The van der Waals surface area contributed by atoms with E-state index in [1.165, 1.54) is 11.0 Å². The number of amides is 2. The van der Waals surface area contributed by atoms with Gasteiger partial charge in [0, 0.05) is 5.56 Å². The Kier molecular flexibility index (Phi) is 3.81. The number of ether oxygens (including phenoxy) is 2. The van der Waals surface area contributed by atoms with Crippen molar-refractivity contribution in [2.75, 3.05) is 18.1 Å². The Morgan fingerprint density at radius 2 is 2.18 bits per heavy atom. The van der Waals surface area contributed by atoms with E-state index in [9.17, 15) is 14.0 Å². The number of anilines is 1. The first-order chi connectivity index (χ1) is 10.6. The van der Waals surface area contributed by atoms with Crippen molar-refractivity contribution in [3.05, 3.63) is 41.7 Å². The van der Waals surface area contributed by atoms with Gasteiger partial charge in [-0.25, -0.2) is 9.18 Å². The van der Waals surface area contributed by atoms with Crippen LogP contribution in [0.25, 0.3) is 0 Å². The lowest BCUT2D eigenvalue weighted by molar-refractivity contribution is -0.124. The Morgan fingerprint density at radius 1 is 1.36 bits per heavy atom. The molecule has 2 aliphatic heterocycles. The second-order valence-electron chi connectivity index (χ2n) is 5.12. The lowest BCUT2D eigenvalue weighted by atomic mass is 10.0. The Labute approximate surface area is 126 Å². The number of carbonyl (C=O) groups excluding carboxylic acids is 2. The molecule has 1 aromatic carbocycles. The summed E-state index contributed by atoms with van der Waals surface area (Å²) < 4.78 is 24.6. The second kappa shape index (κ2) is 5.76.